The van der Waals surface area contributed by atoms with Gasteiger partial charge in [0.05, 0.1) is 0 Å². The van der Waals surface area contributed by atoms with Crippen molar-refractivity contribution in [3.63, 3.8) is 0 Å². The Morgan fingerprint density at radius 3 is 2.25 bits per heavy atom. The maximum atomic E-state index is 12.5. The van der Waals surface area contributed by atoms with Crippen LogP contribution in [0.25, 0.3) is 0 Å². The van der Waals surface area contributed by atoms with E-state index in [1.54, 1.807) is 0 Å². The molecule has 0 fully saturated rings. The Morgan fingerprint density at radius 1 is 1.30 bits per heavy atom. The summed E-state index contributed by atoms with van der Waals surface area (Å²) in [4.78, 5) is 0. The van der Waals surface area contributed by atoms with Gasteiger partial charge in [-0.05, 0) is 24.1 Å². The molecular weight excluding hydrogens is 328 g/mol. The van der Waals surface area contributed by atoms with Crippen LogP contribution in [-0.2, 0) is 23.4 Å². The fraction of sp³-hybridized carbons (Fsp3) is 0.333. The Morgan fingerprint density at radius 2 is 1.85 bits per heavy atom. The van der Waals surface area contributed by atoms with E-state index in [9.17, 15) is 25.3 Å². The van der Waals surface area contributed by atoms with Gasteiger partial charge in [-0.2, -0.15) is 8.42 Å². The van der Waals surface area contributed by atoms with Crippen molar-refractivity contribution in [1.29, 1.82) is 0 Å². The first kappa shape index (κ1) is 20.4. The molecule has 0 aliphatic heterocycles. The molecule has 0 amide bonds. The van der Waals surface area contributed by atoms with E-state index in [2.05, 4.69) is 4.18 Å². The topological polar surface area (TPSA) is 69.4 Å². The van der Waals surface area contributed by atoms with Crippen LogP contribution in [0.4, 0.5) is 16.8 Å². The van der Waals surface area contributed by atoms with Crippen molar-refractivity contribution in [2.24, 2.45) is 5.73 Å². The predicted octanol–water partition coefficient (Wildman–Crippen LogP) is -1.02. The van der Waals surface area contributed by atoms with Gasteiger partial charge in [0.1, 0.15) is 5.75 Å². The van der Waals surface area contributed by atoms with Gasteiger partial charge < -0.3 is 22.9 Å². The standard InChI is InChI=1S/C9H11BF4NO3S.K/c1-6-8(5-15)2-7(4-10(11,12)13)3-9(6)18-19(14,16)17;/h2-3H,4-5,15H2,1H3;/q-1;+1. The SMILES string of the molecule is Cc1c(CN)cc(C[B-](F)(F)F)cc1OS(=O)(=O)F.[K+]. The molecule has 20 heavy (non-hydrogen) atoms. The number of rotatable bonds is 5. The summed E-state index contributed by atoms with van der Waals surface area (Å²) in [6.45, 7) is -3.84. The Balaban J connectivity index is 0.00000361. The van der Waals surface area contributed by atoms with Gasteiger partial charge in [-0.3, -0.25) is 0 Å². The molecule has 0 aromatic heterocycles. The van der Waals surface area contributed by atoms with Crippen LogP contribution in [0, 0.1) is 6.92 Å². The van der Waals surface area contributed by atoms with Crippen molar-refractivity contribution >= 4 is 17.5 Å². The van der Waals surface area contributed by atoms with Gasteiger partial charge in [0.25, 0.3) is 0 Å². The second-order valence-corrected chi connectivity index (χ2v) is 4.93. The molecule has 0 atom stereocenters. The van der Waals surface area contributed by atoms with Crippen LogP contribution in [0.3, 0.4) is 0 Å². The zero-order chi connectivity index (χ0) is 14.8. The molecule has 0 bridgehead atoms. The van der Waals surface area contributed by atoms with Crippen LogP contribution in [0.15, 0.2) is 12.1 Å². The molecule has 1 rings (SSSR count). The molecule has 2 N–H and O–H groups in total. The average Bonchev–Trinajstić information content (AvgIpc) is 2.18. The fourth-order valence-corrected chi connectivity index (χ4v) is 1.99. The molecule has 0 aliphatic carbocycles. The van der Waals surface area contributed by atoms with Gasteiger partial charge in [-0.1, -0.05) is 21.8 Å². The van der Waals surface area contributed by atoms with Crippen LogP contribution >= 0.6 is 0 Å². The maximum absolute atomic E-state index is 12.5. The van der Waals surface area contributed by atoms with Crippen LogP contribution in [0.1, 0.15) is 16.7 Å². The van der Waals surface area contributed by atoms with Gasteiger partial charge in [0, 0.05) is 6.54 Å². The number of halogens is 4. The molecule has 0 heterocycles. The van der Waals surface area contributed by atoms with Gasteiger partial charge in [0.2, 0.25) is 0 Å². The quantitative estimate of drug-likeness (QED) is 0.424. The number of hydrogen-bond acceptors (Lipinski definition) is 4. The van der Waals surface area contributed by atoms with Crippen molar-refractivity contribution in [3.05, 3.63) is 28.8 Å². The second-order valence-electron chi connectivity index (χ2n) is 3.97. The third-order valence-electron chi connectivity index (χ3n) is 2.40. The molecule has 1 aromatic rings. The summed E-state index contributed by atoms with van der Waals surface area (Å²) < 4.78 is 74.3. The molecule has 0 aliphatic rings. The van der Waals surface area contributed by atoms with E-state index in [0.29, 0.717) is 0 Å². The van der Waals surface area contributed by atoms with Crippen molar-refractivity contribution in [3.8, 4) is 5.75 Å². The van der Waals surface area contributed by atoms with E-state index in [0.717, 1.165) is 6.07 Å². The minimum Gasteiger partial charge on any atom is -0.449 e. The zero-order valence-electron chi connectivity index (χ0n) is 10.9. The predicted molar refractivity (Wildman–Crippen MR) is 62.5 cm³/mol. The van der Waals surface area contributed by atoms with Crippen molar-refractivity contribution in [2.75, 3.05) is 0 Å². The molecule has 108 valence electrons. The van der Waals surface area contributed by atoms with E-state index in [1.807, 2.05) is 0 Å². The van der Waals surface area contributed by atoms with Crippen LogP contribution < -0.4 is 61.3 Å². The monoisotopic (exact) mass is 339 g/mol. The molecule has 4 nitrogen and oxygen atoms in total. The first-order valence-corrected chi connectivity index (χ1v) is 6.50. The van der Waals surface area contributed by atoms with Crippen LogP contribution in [-0.4, -0.2) is 15.4 Å². The second kappa shape index (κ2) is 7.56. The van der Waals surface area contributed by atoms with Crippen molar-refractivity contribution in [1.82, 2.24) is 0 Å². The average molecular weight is 339 g/mol. The number of benzene rings is 1. The minimum atomic E-state index is -5.30. The summed E-state index contributed by atoms with van der Waals surface area (Å²) in [6.07, 6.45) is -1.23. The first-order valence-electron chi connectivity index (χ1n) is 5.19. The molecule has 0 spiro atoms. The molecule has 0 saturated heterocycles. The first-order chi connectivity index (χ1) is 8.52. The van der Waals surface area contributed by atoms with Crippen molar-refractivity contribution in [2.45, 2.75) is 19.8 Å². The Labute approximate surface area is 157 Å². The third-order valence-corrected chi connectivity index (χ3v) is 2.78. The molecule has 0 saturated carbocycles. The summed E-state index contributed by atoms with van der Waals surface area (Å²) in [5.74, 6) is -0.486. The molecule has 0 radical (unpaired) electrons. The van der Waals surface area contributed by atoms with E-state index in [4.69, 9.17) is 5.73 Å². The Hall–Kier alpha value is 0.351. The largest absolute Gasteiger partial charge is 1.00 e. The van der Waals surface area contributed by atoms with Gasteiger partial charge in [-0.15, -0.1) is 0 Å². The van der Waals surface area contributed by atoms with E-state index in [1.165, 1.54) is 13.0 Å². The summed E-state index contributed by atoms with van der Waals surface area (Å²) in [5.41, 5.74) is 5.56. The Bertz CT molecular complexity index is 579. The van der Waals surface area contributed by atoms with E-state index < -0.39 is 29.6 Å². The van der Waals surface area contributed by atoms with Crippen molar-refractivity contribution < 1.29 is 80.8 Å². The van der Waals surface area contributed by atoms with E-state index >= 15 is 0 Å². The molecule has 11 heteroatoms. The summed E-state index contributed by atoms with van der Waals surface area (Å²) >= 11 is 0. The fourth-order valence-electron chi connectivity index (χ4n) is 1.60. The smallest absolute Gasteiger partial charge is 0.449 e. The maximum Gasteiger partial charge on any atom is 1.00 e. The molecular formula is C9H11BF4KNO3S. The van der Waals surface area contributed by atoms with Gasteiger partial charge >= 0.3 is 68.9 Å². The normalized spacial score (nSPS) is 11.9. The Kier molecular flexibility index (Phi) is 7.70. The van der Waals surface area contributed by atoms with Crippen LogP contribution in [0.2, 0.25) is 0 Å². The van der Waals surface area contributed by atoms with Crippen LogP contribution in [0.5, 0.6) is 5.75 Å². The van der Waals surface area contributed by atoms with Gasteiger partial charge in [0.15, 0.2) is 0 Å². The number of nitrogens with two attached hydrogens (primary N) is 1. The minimum absolute atomic E-state index is 0. The van der Waals surface area contributed by atoms with Gasteiger partial charge in [-0.25, -0.2) is 0 Å². The van der Waals surface area contributed by atoms with E-state index in [-0.39, 0.29) is 74.6 Å². The summed E-state index contributed by atoms with van der Waals surface area (Å²) in [7, 11) is -5.30. The zero-order valence-corrected chi connectivity index (χ0v) is 14.8. The third kappa shape index (κ3) is 6.87. The molecule has 1 aromatic carbocycles. The number of hydrogen-bond donors (Lipinski definition) is 1. The summed E-state index contributed by atoms with van der Waals surface area (Å²) in [6, 6.07) is 2.04. The molecule has 0 unspecified atom stereocenters. The summed E-state index contributed by atoms with van der Waals surface area (Å²) in [5, 5.41) is 0.